The number of nitrogens with zero attached hydrogens (tertiary/aromatic N) is 1. The normalized spacial score (nSPS) is 17.9. The Morgan fingerprint density at radius 1 is 1.10 bits per heavy atom. The maximum Gasteiger partial charge on any atom is 0.223 e. The van der Waals surface area contributed by atoms with E-state index in [0.717, 1.165) is 19.3 Å². The van der Waals surface area contributed by atoms with Crippen LogP contribution in [0.2, 0.25) is 0 Å². The van der Waals surface area contributed by atoms with Crippen molar-refractivity contribution in [2.45, 2.75) is 77.2 Å². The fourth-order valence-electron chi connectivity index (χ4n) is 2.69. The average Bonchev–Trinajstić information content (AvgIpc) is 2.87. The highest BCUT2D eigenvalue weighted by molar-refractivity contribution is 5.83. The highest BCUT2D eigenvalue weighted by Gasteiger charge is 2.28. The molecule has 4 N–H and O–H groups in total. The molecule has 0 bridgehead atoms. The molecule has 1 aliphatic heterocycles. The maximum absolute atomic E-state index is 11.9. The predicted octanol–water partition coefficient (Wildman–Crippen LogP) is 2.24. The van der Waals surface area contributed by atoms with Crippen LogP contribution < -0.4 is 11.3 Å². The smallest absolute Gasteiger partial charge is 0.223 e. The van der Waals surface area contributed by atoms with Crippen LogP contribution in [0.4, 0.5) is 0 Å². The minimum absolute atomic E-state index is 0. The van der Waals surface area contributed by atoms with Crippen molar-refractivity contribution in [3.63, 3.8) is 0 Å². The van der Waals surface area contributed by atoms with Crippen LogP contribution in [0.5, 0.6) is 0 Å². The van der Waals surface area contributed by atoms with Gasteiger partial charge in [-0.2, -0.15) is 0 Å². The van der Waals surface area contributed by atoms with E-state index in [2.05, 4.69) is 6.92 Å². The van der Waals surface area contributed by atoms with Crippen molar-refractivity contribution in [3.8, 4) is 0 Å². The van der Waals surface area contributed by atoms with Gasteiger partial charge in [0.15, 0.2) is 0 Å². The molecule has 20 heavy (non-hydrogen) atoms. The van der Waals surface area contributed by atoms with Crippen molar-refractivity contribution in [1.29, 1.82) is 0 Å². The summed E-state index contributed by atoms with van der Waals surface area (Å²) in [5, 5.41) is 10.9. The second-order valence-corrected chi connectivity index (χ2v) is 5.44. The van der Waals surface area contributed by atoms with E-state index in [9.17, 15) is 14.7 Å². The maximum atomic E-state index is 11.9. The number of carbonyl (C=O) groups excluding carboxylic acids is 2. The number of carbonyl (C=O) groups is 2. The van der Waals surface area contributed by atoms with Crippen LogP contribution in [0, 0.1) is 0 Å². The van der Waals surface area contributed by atoms with Crippen molar-refractivity contribution in [3.05, 3.63) is 0 Å². The first-order valence-electron chi connectivity index (χ1n) is 7.67. The van der Waals surface area contributed by atoms with Crippen molar-refractivity contribution >= 4 is 11.9 Å². The third kappa shape index (κ3) is 6.37. The molecule has 0 saturated carbocycles. The Kier molecular flexibility index (Phi) is 10.1. The standard InChI is InChI=1S/C15H27NO3.H3N/c1-2-3-4-5-6-7-8-11-14(17)16-12-9-10-13(16)15(18)19;/h13H,2-12H2,1H3,(H,18,19);1H3/t13-;/m0./s1. The molecule has 0 aromatic carbocycles. The summed E-state index contributed by atoms with van der Waals surface area (Å²) in [5.41, 5.74) is 0. The van der Waals surface area contributed by atoms with E-state index in [4.69, 9.17) is 0 Å². The number of hydrogen-bond acceptors (Lipinski definition) is 3. The Balaban J connectivity index is 0.00000361. The number of unbranched alkanes of at least 4 members (excludes halogenated alkanes) is 6. The molecule has 0 aromatic rings. The molecule has 5 nitrogen and oxygen atoms in total. The summed E-state index contributed by atoms with van der Waals surface area (Å²) in [4.78, 5) is 24.3. The van der Waals surface area contributed by atoms with Crippen LogP contribution in [0.15, 0.2) is 0 Å². The number of carboxylic acids is 1. The Labute approximate surface area is 122 Å². The molecular weight excluding hydrogens is 256 g/mol. The van der Waals surface area contributed by atoms with Gasteiger partial charge in [0.1, 0.15) is 0 Å². The van der Waals surface area contributed by atoms with Crippen molar-refractivity contribution < 1.29 is 14.7 Å². The molecule has 1 aliphatic rings. The van der Waals surface area contributed by atoms with Gasteiger partial charge in [0.25, 0.3) is 0 Å². The van der Waals surface area contributed by atoms with Crippen molar-refractivity contribution in [2.75, 3.05) is 6.54 Å². The summed E-state index contributed by atoms with van der Waals surface area (Å²) in [6.45, 7) is 2.77. The highest BCUT2D eigenvalue weighted by atomic mass is 16.4. The fourth-order valence-corrected chi connectivity index (χ4v) is 2.69. The SMILES string of the molecule is CCCCCCCCCC(=O)N1CCC[C@H]1C(=O)[O-].[NH4+]. The second kappa shape index (κ2) is 10.7. The van der Waals surface area contributed by atoms with E-state index in [1.165, 1.54) is 37.0 Å². The first-order chi connectivity index (χ1) is 9.16. The van der Waals surface area contributed by atoms with E-state index >= 15 is 0 Å². The topological polar surface area (TPSA) is 96.9 Å². The average molecular weight is 286 g/mol. The number of likely N-dealkylation sites (tertiary alicyclic amines) is 1. The van der Waals surface area contributed by atoms with Gasteiger partial charge in [-0.15, -0.1) is 0 Å². The van der Waals surface area contributed by atoms with E-state index in [-0.39, 0.29) is 12.1 Å². The third-order valence-corrected chi connectivity index (χ3v) is 3.84. The lowest BCUT2D eigenvalue weighted by atomic mass is 10.1. The number of aliphatic carboxylic acids is 1. The van der Waals surface area contributed by atoms with E-state index < -0.39 is 12.0 Å². The Hall–Kier alpha value is -1.10. The van der Waals surface area contributed by atoms with Gasteiger partial charge in [-0.25, -0.2) is 0 Å². The van der Waals surface area contributed by atoms with Crippen LogP contribution in [-0.4, -0.2) is 29.4 Å². The molecule has 0 aliphatic carbocycles. The Morgan fingerprint density at radius 3 is 2.30 bits per heavy atom. The van der Waals surface area contributed by atoms with Crippen LogP contribution in [0.1, 0.15) is 71.1 Å². The number of rotatable bonds is 9. The fraction of sp³-hybridized carbons (Fsp3) is 0.867. The highest BCUT2D eigenvalue weighted by Crippen LogP contribution is 2.19. The minimum atomic E-state index is -1.11. The second-order valence-electron chi connectivity index (χ2n) is 5.44. The van der Waals surface area contributed by atoms with Crippen LogP contribution in [-0.2, 0) is 9.59 Å². The minimum Gasteiger partial charge on any atom is -0.548 e. The lowest BCUT2D eigenvalue weighted by Crippen LogP contribution is -2.46. The molecule has 1 amide bonds. The summed E-state index contributed by atoms with van der Waals surface area (Å²) < 4.78 is 0. The predicted molar refractivity (Wildman–Crippen MR) is 78.3 cm³/mol. The van der Waals surface area contributed by atoms with Gasteiger partial charge in [0.05, 0.1) is 12.0 Å². The number of hydrogen-bond donors (Lipinski definition) is 1. The molecule has 0 aromatic heterocycles. The largest absolute Gasteiger partial charge is 0.548 e. The molecule has 0 radical (unpaired) electrons. The van der Waals surface area contributed by atoms with Crippen LogP contribution in [0.25, 0.3) is 0 Å². The molecule has 0 spiro atoms. The lowest BCUT2D eigenvalue weighted by Gasteiger charge is -2.25. The van der Waals surface area contributed by atoms with Gasteiger partial charge in [0.2, 0.25) is 5.91 Å². The number of amides is 1. The summed E-state index contributed by atoms with van der Waals surface area (Å²) in [5.74, 6) is -1.12. The van der Waals surface area contributed by atoms with Gasteiger partial charge in [-0.05, 0) is 19.3 Å². The quantitative estimate of drug-likeness (QED) is 0.658. The molecule has 118 valence electrons. The van der Waals surface area contributed by atoms with Gasteiger partial charge >= 0.3 is 0 Å². The zero-order valence-corrected chi connectivity index (χ0v) is 13.0. The van der Waals surface area contributed by atoms with Crippen molar-refractivity contribution in [1.82, 2.24) is 11.1 Å². The zero-order valence-electron chi connectivity index (χ0n) is 13.0. The van der Waals surface area contributed by atoms with Crippen LogP contribution >= 0.6 is 0 Å². The molecule has 1 saturated heterocycles. The first-order valence-corrected chi connectivity index (χ1v) is 7.67. The Bertz CT molecular complexity index is 295. The summed E-state index contributed by atoms with van der Waals surface area (Å²) in [6, 6.07) is -0.683. The molecule has 1 heterocycles. The summed E-state index contributed by atoms with van der Waals surface area (Å²) >= 11 is 0. The number of carboxylic acid groups (broad SMARTS) is 1. The summed E-state index contributed by atoms with van der Waals surface area (Å²) in [6.07, 6.45) is 10.00. The van der Waals surface area contributed by atoms with Crippen molar-refractivity contribution in [2.24, 2.45) is 0 Å². The number of quaternary nitrogens is 1. The van der Waals surface area contributed by atoms with Gasteiger partial charge in [-0.3, -0.25) is 4.79 Å². The molecule has 5 heteroatoms. The zero-order chi connectivity index (χ0) is 14.1. The monoisotopic (exact) mass is 286 g/mol. The molecule has 1 fully saturated rings. The van der Waals surface area contributed by atoms with Gasteiger partial charge in [0, 0.05) is 13.0 Å². The lowest BCUT2D eigenvalue weighted by molar-refractivity contribution is -0.310. The third-order valence-electron chi connectivity index (χ3n) is 3.84. The summed E-state index contributed by atoms with van der Waals surface area (Å²) in [7, 11) is 0. The molecule has 0 unspecified atom stereocenters. The first kappa shape index (κ1) is 18.9. The van der Waals surface area contributed by atoms with E-state index in [1.54, 1.807) is 0 Å². The van der Waals surface area contributed by atoms with E-state index in [0.29, 0.717) is 19.4 Å². The van der Waals surface area contributed by atoms with Gasteiger partial charge < -0.3 is 21.0 Å². The van der Waals surface area contributed by atoms with Gasteiger partial charge in [-0.1, -0.05) is 45.4 Å². The molecule has 1 rings (SSSR count). The molecular formula is C15H30N2O3. The Morgan fingerprint density at radius 2 is 1.70 bits per heavy atom. The van der Waals surface area contributed by atoms with Crippen LogP contribution in [0.3, 0.4) is 0 Å². The molecule has 1 atom stereocenters. The van der Waals surface area contributed by atoms with E-state index in [1.807, 2.05) is 0 Å².